The Morgan fingerprint density at radius 1 is 0.914 bits per heavy atom. The molecule has 198 valence electrons. The molecule has 1 aromatic carbocycles. The number of rotatable bonds is 10. The number of carbonyl (C=O) groups is 3. The smallest absolute Gasteiger partial charge is 0.441 e. The zero-order valence-corrected chi connectivity index (χ0v) is 19.0. The predicted octanol–water partition coefficient (Wildman–Crippen LogP) is 2.77. The van der Waals surface area contributed by atoms with E-state index >= 15 is 0 Å². The van der Waals surface area contributed by atoms with Crippen molar-refractivity contribution < 1.29 is 60.0 Å². The molecule has 35 heavy (non-hydrogen) atoms. The summed E-state index contributed by atoms with van der Waals surface area (Å²) >= 11 is 0. The highest BCUT2D eigenvalue weighted by molar-refractivity contribution is 5.92. The van der Waals surface area contributed by atoms with Crippen molar-refractivity contribution in [2.45, 2.75) is 50.8 Å². The molecule has 0 aromatic heterocycles. The Labute approximate surface area is 195 Å². The molecule has 0 saturated carbocycles. The van der Waals surface area contributed by atoms with Gasteiger partial charge in [-0.05, 0) is 26.0 Å². The number of hydrogen-bond donors (Lipinski definition) is 3. The Morgan fingerprint density at radius 3 is 1.89 bits per heavy atom. The summed E-state index contributed by atoms with van der Waals surface area (Å²) in [6.07, 6.45) is -11.8. The number of esters is 2. The summed E-state index contributed by atoms with van der Waals surface area (Å²) in [6, 6.07) is 1.58. The van der Waals surface area contributed by atoms with Gasteiger partial charge < -0.3 is 30.0 Å². The summed E-state index contributed by atoms with van der Waals surface area (Å²) < 4.78 is 97.4. The number of carbonyl (C=O) groups excluding carboxylic acids is 3. The van der Waals surface area contributed by atoms with Crippen molar-refractivity contribution in [1.82, 2.24) is 5.32 Å². The van der Waals surface area contributed by atoms with E-state index in [0.717, 1.165) is 7.11 Å². The fourth-order valence-electron chi connectivity index (χ4n) is 2.79. The first-order valence-electron chi connectivity index (χ1n) is 10.0. The average molecular weight is 518 g/mol. The van der Waals surface area contributed by atoms with E-state index in [1.807, 2.05) is 0 Å². The van der Waals surface area contributed by atoms with Crippen molar-refractivity contribution >= 4 is 23.5 Å². The zero-order chi connectivity index (χ0) is 27.2. The van der Waals surface area contributed by atoms with E-state index in [4.69, 9.17) is 4.74 Å². The molecule has 0 unspecified atom stereocenters. The van der Waals surface area contributed by atoms with Crippen molar-refractivity contribution in [3.63, 3.8) is 0 Å². The van der Waals surface area contributed by atoms with Gasteiger partial charge >= 0.3 is 30.0 Å². The second-order valence-electron chi connectivity index (χ2n) is 6.84. The number of amides is 1. The topological polar surface area (TPSA) is 123 Å². The maximum atomic E-state index is 14.2. The molecule has 3 N–H and O–H groups in total. The number of aliphatic hydroxyl groups is 1. The van der Waals surface area contributed by atoms with Crippen molar-refractivity contribution in [2.75, 3.05) is 25.6 Å². The first kappa shape index (κ1) is 29.8. The standard InChI is InChI=1S/C20H24F6N2O7/c1-5-14(29)28-18(20(24,25)26,16(31)35-7-3)27-12-10-11(8-9-13(12)33-4)17(32,19(21,22)23)15(30)34-6-2/h8-10,27,32H,5-7H2,1-4H3,(H,28,29)/t17-,18-/m0/s1. The van der Waals surface area contributed by atoms with E-state index in [0.29, 0.717) is 18.2 Å². The minimum Gasteiger partial charge on any atom is -0.495 e. The maximum absolute atomic E-state index is 14.2. The van der Waals surface area contributed by atoms with Crippen LogP contribution in [0.25, 0.3) is 0 Å². The number of benzene rings is 1. The van der Waals surface area contributed by atoms with E-state index in [-0.39, 0.29) is 0 Å². The van der Waals surface area contributed by atoms with Crippen LogP contribution < -0.4 is 15.4 Å². The summed E-state index contributed by atoms with van der Waals surface area (Å²) in [5.41, 5.74) is -10.5. The summed E-state index contributed by atoms with van der Waals surface area (Å²) in [5.74, 6) is -5.98. The van der Waals surface area contributed by atoms with Gasteiger partial charge in [-0.2, -0.15) is 26.3 Å². The average Bonchev–Trinajstić information content (AvgIpc) is 2.76. The molecule has 0 saturated heterocycles. The van der Waals surface area contributed by atoms with Crippen LogP contribution in [0, 0.1) is 0 Å². The van der Waals surface area contributed by atoms with Crippen LogP contribution in [0.3, 0.4) is 0 Å². The van der Waals surface area contributed by atoms with Crippen LogP contribution in [0.2, 0.25) is 0 Å². The van der Waals surface area contributed by atoms with Crippen LogP contribution >= 0.6 is 0 Å². The van der Waals surface area contributed by atoms with E-state index < -0.39 is 78.1 Å². The zero-order valence-electron chi connectivity index (χ0n) is 19.0. The molecule has 0 aliphatic heterocycles. The minimum absolute atomic E-state index is 0.307. The largest absolute Gasteiger partial charge is 0.495 e. The Balaban J connectivity index is 3.88. The second-order valence-corrected chi connectivity index (χ2v) is 6.84. The molecule has 0 fully saturated rings. The lowest BCUT2D eigenvalue weighted by Gasteiger charge is -2.36. The molecule has 0 radical (unpaired) electrons. The molecule has 1 aromatic rings. The third kappa shape index (κ3) is 5.89. The van der Waals surface area contributed by atoms with Crippen molar-refractivity contribution in [3.8, 4) is 5.75 Å². The third-order valence-corrected chi connectivity index (χ3v) is 4.58. The van der Waals surface area contributed by atoms with E-state index in [2.05, 4.69) is 9.47 Å². The lowest BCUT2D eigenvalue weighted by Crippen LogP contribution is -2.69. The van der Waals surface area contributed by atoms with E-state index in [1.165, 1.54) is 26.1 Å². The highest BCUT2D eigenvalue weighted by Crippen LogP contribution is 2.43. The first-order valence-corrected chi connectivity index (χ1v) is 10.0. The number of ether oxygens (including phenoxy) is 3. The number of nitrogens with one attached hydrogen (secondary N) is 2. The number of anilines is 1. The SMILES string of the molecule is CCOC(=O)[C@@](NC(=O)CC)(Nc1cc([C@](O)(C(=O)OCC)C(F)(F)F)ccc1OC)C(F)(F)F. The molecule has 0 aliphatic carbocycles. The molecule has 1 rings (SSSR count). The van der Waals surface area contributed by atoms with Crippen molar-refractivity contribution in [1.29, 1.82) is 0 Å². The fraction of sp³-hybridized carbons (Fsp3) is 0.550. The summed E-state index contributed by atoms with van der Waals surface area (Å²) in [7, 11) is 0.950. The van der Waals surface area contributed by atoms with Crippen LogP contribution in [0.5, 0.6) is 5.75 Å². The van der Waals surface area contributed by atoms with Crippen molar-refractivity contribution in [2.24, 2.45) is 0 Å². The molecule has 0 heterocycles. The quantitative estimate of drug-likeness (QED) is 0.246. The predicted molar refractivity (Wildman–Crippen MR) is 107 cm³/mol. The Morgan fingerprint density at radius 2 is 1.46 bits per heavy atom. The van der Waals surface area contributed by atoms with Gasteiger partial charge in [0.15, 0.2) is 0 Å². The van der Waals surface area contributed by atoms with Gasteiger partial charge in [-0.15, -0.1) is 0 Å². The summed E-state index contributed by atoms with van der Waals surface area (Å²) in [4.78, 5) is 36.4. The van der Waals surface area contributed by atoms with Crippen LogP contribution in [0.15, 0.2) is 18.2 Å². The normalized spacial score (nSPS) is 15.3. The molecule has 9 nitrogen and oxygen atoms in total. The number of alkyl halides is 6. The molecule has 0 spiro atoms. The highest BCUT2D eigenvalue weighted by Gasteiger charge is 2.65. The van der Waals surface area contributed by atoms with Gasteiger partial charge in [0.2, 0.25) is 5.91 Å². The second kappa shape index (κ2) is 11.0. The van der Waals surface area contributed by atoms with E-state index in [1.54, 1.807) is 5.32 Å². The van der Waals surface area contributed by atoms with Gasteiger partial charge in [0.05, 0.1) is 26.0 Å². The van der Waals surface area contributed by atoms with Crippen molar-refractivity contribution in [3.05, 3.63) is 23.8 Å². The fourth-order valence-corrected chi connectivity index (χ4v) is 2.79. The molecular formula is C20H24F6N2O7. The summed E-state index contributed by atoms with van der Waals surface area (Å²) in [5, 5.41) is 13.4. The molecule has 0 aliphatic rings. The van der Waals surface area contributed by atoms with Crippen LogP contribution in [0.4, 0.5) is 32.0 Å². The lowest BCUT2D eigenvalue weighted by molar-refractivity contribution is -0.267. The number of methoxy groups -OCH3 is 1. The van der Waals surface area contributed by atoms with Crippen LogP contribution in [-0.2, 0) is 29.5 Å². The van der Waals surface area contributed by atoms with Gasteiger partial charge in [-0.25, -0.2) is 9.59 Å². The molecule has 0 bridgehead atoms. The Hall–Kier alpha value is -3.23. The van der Waals surface area contributed by atoms with E-state index in [9.17, 15) is 45.8 Å². The van der Waals surface area contributed by atoms with Crippen LogP contribution in [-0.4, -0.2) is 61.3 Å². The Bertz CT molecular complexity index is 938. The van der Waals surface area contributed by atoms with Gasteiger partial charge in [0, 0.05) is 12.0 Å². The monoisotopic (exact) mass is 518 g/mol. The molecule has 2 atom stereocenters. The maximum Gasteiger partial charge on any atom is 0.441 e. The van der Waals surface area contributed by atoms with Gasteiger partial charge in [-0.3, -0.25) is 4.79 Å². The number of hydrogen-bond acceptors (Lipinski definition) is 8. The van der Waals surface area contributed by atoms with Crippen LogP contribution in [0.1, 0.15) is 32.8 Å². The van der Waals surface area contributed by atoms with Gasteiger partial charge in [0.25, 0.3) is 5.60 Å². The molecule has 1 amide bonds. The third-order valence-electron chi connectivity index (χ3n) is 4.58. The van der Waals surface area contributed by atoms with Gasteiger partial charge in [-0.1, -0.05) is 13.0 Å². The number of halogens is 6. The minimum atomic E-state index is -5.66. The first-order chi connectivity index (χ1) is 16.0. The highest BCUT2D eigenvalue weighted by atomic mass is 19.4. The summed E-state index contributed by atoms with van der Waals surface area (Å²) in [6.45, 7) is 2.44. The molecule has 15 heteroatoms. The molecular weight excluding hydrogens is 494 g/mol. The van der Waals surface area contributed by atoms with Gasteiger partial charge in [0.1, 0.15) is 5.75 Å². The lowest BCUT2D eigenvalue weighted by atomic mass is 9.92. The Kier molecular flexibility index (Phi) is 9.37.